The quantitative estimate of drug-likeness (QED) is 0.491. The van der Waals surface area contributed by atoms with Crippen LogP contribution >= 0.6 is 0 Å². The Hall–Kier alpha value is -4.01. The average Bonchev–Trinajstić information content (AvgIpc) is 2.77. The summed E-state index contributed by atoms with van der Waals surface area (Å²) in [4.78, 5) is 59.2. The summed E-state index contributed by atoms with van der Waals surface area (Å²) in [6.45, 7) is 1.31. The zero-order chi connectivity index (χ0) is 22.8. The molecule has 0 aliphatic carbocycles. The van der Waals surface area contributed by atoms with Crippen LogP contribution in [0, 0.1) is 0 Å². The summed E-state index contributed by atoms with van der Waals surface area (Å²) >= 11 is 0. The van der Waals surface area contributed by atoms with Gasteiger partial charge in [0.05, 0.1) is 12.5 Å². The van der Waals surface area contributed by atoms with Gasteiger partial charge < -0.3 is 20.5 Å². The first-order valence-electron chi connectivity index (χ1n) is 9.32. The maximum Gasteiger partial charge on any atom is 0.408 e. The van der Waals surface area contributed by atoms with Gasteiger partial charge in [0.15, 0.2) is 5.78 Å². The molecule has 0 unspecified atom stereocenters. The number of Topliss-reactive ketones (excluding diaryl/α,β-unsaturated/α-hetero) is 1. The van der Waals surface area contributed by atoms with Gasteiger partial charge in [-0.15, -0.1) is 0 Å². The predicted molar refractivity (Wildman–Crippen MR) is 109 cm³/mol. The van der Waals surface area contributed by atoms with Crippen LogP contribution in [0.5, 0.6) is 0 Å². The Morgan fingerprint density at radius 1 is 1.00 bits per heavy atom. The molecule has 2 aromatic carbocycles. The molecule has 1 radical (unpaired) electrons. The van der Waals surface area contributed by atoms with Crippen molar-refractivity contribution in [3.63, 3.8) is 0 Å². The molecule has 2 rings (SSSR count). The largest absolute Gasteiger partial charge is 0.481 e. The van der Waals surface area contributed by atoms with E-state index in [1.165, 1.54) is 19.1 Å². The molecule has 0 bridgehead atoms. The number of rotatable bonds is 10. The number of amides is 2. The number of benzene rings is 2. The van der Waals surface area contributed by atoms with Crippen LogP contribution in [0.3, 0.4) is 0 Å². The van der Waals surface area contributed by atoms with Gasteiger partial charge in [-0.25, -0.2) is 4.79 Å². The second-order valence-electron chi connectivity index (χ2n) is 6.60. The summed E-state index contributed by atoms with van der Waals surface area (Å²) in [6, 6.07) is 12.2. The Kier molecular flexibility index (Phi) is 8.44. The third kappa shape index (κ3) is 7.07. The average molecular weight is 425 g/mol. The number of carboxylic acid groups (broad SMARTS) is 1. The predicted octanol–water partition coefficient (Wildman–Crippen LogP) is 1.60. The molecule has 0 saturated carbocycles. The van der Waals surface area contributed by atoms with Crippen molar-refractivity contribution in [3.05, 3.63) is 71.3 Å². The molecule has 0 heterocycles. The minimum atomic E-state index is -1.47. The summed E-state index contributed by atoms with van der Waals surface area (Å²) in [7, 11) is 0. The van der Waals surface area contributed by atoms with E-state index in [0.29, 0.717) is 5.56 Å². The topological polar surface area (TPSA) is 139 Å². The number of alkyl carbamates (subject to hydrolysis) is 1. The van der Waals surface area contributed by atoms with Gasteiger partial charge in [-0.3, -0.25) is 19.2 Å². The van der Waals surface area contributed by atoms with Crippen molar-refractivity contribution in [3.8, 4) is 0 Å². The van der Waals surface area contributed by atoms with Crippen molar-refractivity contribution in [2.24, 2.45) is 0 Å². The Bertz CT molecular complexity index is 959. The monoisotopic (exact) mass is 425 g/mol. The highest BCUT2D eigenvalue weighted by atomic mass is 16.5. The zero-order valence-corrected chi connectivity index (χ0v) is 16.7. The van der Waals surface area contributed by atoms with E-state index < -0.39 is 42.3 Å². The van der Waals surface area contributed by atoms with Crippen LogP contribution in [0.25, 0.3) is 0 Å². The zero-order valence-electron chi connectivity index (χ0n) is 16.7. The van der Waals surface area contributed by atoms with E-state index in [2.05, 4.69) is 10.6 Å². The molecule has 0 fully saturated rings. The van der Waals surface area contributed by atoms with E-state index in [1.54, 1.807) is 48.8 Å². The number of aliphatic carboxylic acids is 1. The fourth-order valence-electron chi connectivity index (χ4n) is 2.69. The number of carbonyl (C=O) groups excluding carboxylic acids is 4. The molecule has 3 N–H and O–H groups in total. The van der Waals surface area contributed by atoms with E-state index >= 15 is 0 Å². The number of hydrogen-bond donors (Lipinski definition) is 3. The lowest BCUT2D eigenvalue weighted by atomic mass is 10.00. The van der Waals surface area contributed by atoms with Crippen molar-refractivity contribution in [2.75, 3.05) is 0 Å². The van der Waals surface area contributed by atoms with E-state index in [4.69, 9.17) is 9.84 Å². The molecule has 0 aromatic heterocycles. The molecule has 2 amide bonds. The van der Waals surface area contributed by atoms with Crippen molar-refractivity contribution >= 4 is 30.0 Å². The van der Waals surface area contributed by atoms with E-state index in [9.17, 15) is 24.0 Å². The van der Waals surface area contributed by atoms with Gasteiger partial charge in [0.1, 0.15) is 12.6 Å². The van der Waals surface area contributed by atoms with Crippen LogP contribution in [0.2, 0.25) is 0 Å². The Balaban J connectivity index is 2.01. The van der Waals surface area contributed by atoms with Crippen molar-refractivity contribution in [1.82, 2.24) is 10.6 Å². The molecule has 0 spiro atoms. The number of ketones is 1. The van der Waals surface area contributed by atoms with Gasteiger partial charge in [0, 0.05) is 11.1 Å². The number of carboxylic acids is 1. The molecule has 0 aliphatic rings. The highest BCUT2D eigenvalue weighted by Gasteiger charge is 2.28. The van der Waals surface area contributed by atoms with Gasteiger partial charge in [-0.1, -0.05) is 54.6 Å². The third-order valence-electron chi connectivity index (χ3n) is 4.25. The van der Waals surface area contributed by atoms with E-state index in [-0.39, 0.29) is 17.7 Å². The van der Waals surface area contributed by atoms with Crippen molar-refractivity contribution < 1.29 is 33.8 Å². The molecule has 2 aromatic rings. The number of ether oxygens (including phenoxy) is 1. The summed E-state index contributed by atoms with van der Waals surface area (Å²) in [6.07, 6.45) is -0.0454. The van der Waals surface area contributed by atoms with Crippen LogP contribution in [0.1, 0.15) is 34.8 Å². The van der Waals surface area contributed by atoms with Gasteiger partial charge in [-0.2, -0.15) is 0 Å². The maximum atomic E-state index is 12.6. The first kappa shape index (κ1) is 23.3. The SMILES string of the molecule is C[C@@H](NC(=O)[C@H](CC(=O)O)NC(=O)OCc1ccccc1)C(=O)c1ccccc1[C]=O. The fourth-order valence-corrected chi connectivity index (χ4v) is 2.69. The first-order chi connectivity index (χ1) is 14.8. The molecule has 2 atom stereocenters. The second-order valence-corrected chi connectivity index (χ2v) is 6.60. The lowest BCUT2D eigenvalue weighted by molar-refractivity contribution is -0.139. The van der Waals surface area contributed by atoms with Crippen LogP contribution in [0.15, 0.2) is 54.6 Å². The van der Waals surface area contributed by atoms with Gasteiger partial charge in [0.25, 0.3) is 0 Å². The molecule has 0 aliphatic heterocycles. The number of carbonyl (C=O) groups is 4. The lowest BCUT2D eigenvalue weighted by Crippen LogP contribution is -2.51. The number of hydrogen-bond acceptors (Lipinski definition) is 6. The Morgan fingerprint density at radius 2 is 1.65 bits per heavy atom. The summed E-state index contributed by atoms with van der Waals surface area (Å²) in [5.74, 6) is -2.77. The maximum absolute atomic E-state index is 12.6. The molecule has 0 saturated heterocycles. The van der Waals surface area contributed by atoms with Crippen LogP contribution in [0.4, 0.5) is 4.79 Å². The van der Waals surface area contributed by atoms with Gasteiger partial charge >= 0.3 is 12.1 Å². The third-order valence-corrected chi connectivity index (χ3v) is 4.25. The molecule has 161 valence electrons. The molecule has 9 heteroatoms. The highest BCUT2D eigenvalue weighted by molar-refractivity contribution is 6.07. The summed E-state index contributed by atoms with van der Waals surface area (Å²) < 4.78 is 5.01. The van der Waals surface area contributed by atoms with Crippen LogP contribution in [-0.2, 0) is 25.7 Å². The fraction of sp³-hybridized carbons (Fsp3) is 0.227. The highest BCUT2D eigenvalue weighted by Crippen LogP contribution is 2.10. The van der Waals surface area contributed by atoms with Gasteiger partial charge in [0.2, 0.25) is 12.2 Å². The second kappa shape index (κ2) is 11.2. The van der Waals surface area contributed by atoms with E-state index in [1.807, 2.05) is 0 Å². The summed E-state index contributed by atoms with van der Waals surface area (Å²) in [5, 5.41) is 13.6. The van der Waals surface area contributed by atoms with Crippen molar-refractivity contribution in [2.45, 2.75) is 32.0 Å². The minimum absolute atomic E-state index is 0.0401. The summed E-state index contributed by atoms with van der Waals surface area (Å²) in [5.41, 5.74) is 0.815. The van der Waals surface area contributed by atoms with E-state index in [0.717, 1.165) is 0 Å². The molecular formula is C22H21N2O7. The normalized spacial score (nSPS) is 12.2. The van der Waals surface area contributed by atoms with Crippen LogP contribution in [-0.4, -0.2) is 47.2 Å². The Labute approximate surface area is 178 Å². The first-order valence-corrected chi connectivity index (χ1v) is 9.32. The standard InChI is InChI=1S/C22H21N2O7/c1-14(20(28)17-10-6-5-9-16(17)12-25)23-21(29)18(11-19(26)27)24-22(30)31-13-15-7-3-2-4-8-15/h2-10,14,18H,11,13H2,1H3,(H,23,29)(H,24,30)(H,26,27)/t14-,18+/m1/s1. The lowest BCUT2D eigenvalue weighted by Gasteiger charge is -2.20. The smallest absolute Gasteiger partial charge is 0.408 e. The van der Waals surface area contributed by atoms with Gasteiger partial charge in [-0.05, 0) is 12.5 Å². The Morgan fingerprint density at radius 3 is 2.29 bits per heavy atom. The van der Waals surface area contributed by atoms with Crippen LogP contribution < -0.4 is 10.6 Å². The minimum Gasteiger partial charge on any atom is -0.481 e. The molecular weight excluding hydrogens is 404 g/mol. The molecule has 9 nitrogen and oxygen atoms in total. The van der Waals surface area contributed by atoms with Crippen molar-refractivity contribution in [1.29, 1.82) is 0 Å². The molecule has 31 heavy (non-hydrogen) atoms. The number of nitrogens with one attached hydrogen (secondary N) is 2.